The van der Waals surface area contributed by atoms with Gasteiger partial charge in [-0.25, -0.2) is 4.98 Å². The number of fused-ring (bicyclic) bond motifs is 1. The SMILES string of the molecule is CC(NC(=O)c1nc2cc(C(F)(F)F)cc(C(F)(F)F)c2[nH]1)C(=O)O. The summed E-state index contributed by atoms with van der Waals surface area (Å²) in [7, 11) is 0. The van der Waals surface area contributed by atoms with Gasteiger partial charge in [0.1, 0.15) is 6.04 Å². The summed E-state index contributed by atoms with van der Waals surface area (Å²) >= 11 is 0. The highest BCUT2D eigenvalue weighted by Crippen LogP contribution is 2.39. The summed E-state index contributed by atoms with van der Waals surface area (Å²) in [5.41, 5.74) is -4.76. The summed E-state index contributed by atoms with van der Waals surface area (Å²) in [4.78, 5) is 27.9. The fraction of sp³-hybridized carbons (Fsp3) is 0.308. The second-order valence-electron chi connectivity index (χ2n) is 5.03. The predicted molar refractivity (Wildman–Crippen MR) is 70.7 cm³/mol. The van der Waals surface area contributed by atoms with E-state index in [1.807, 2.05) is 10.3 Å². The van der Waals surface area contributed by atoms with E-state index in [4.69, 9.17) is 5.11 Å². The number of carbonyl (C=O) groups is 2. The first-order valence-corrected chi connectivity index (χ1v) is 6.52. The molecule has 1 aromatic heterocycles. The average molecular weight is 369 g/mol. The fourth-order valence-electron chi connectivity index (χ4n) is 1.93. The molecule has 12 heteroatoms. The molecule has 0 aliphatic rings. The second-order valence-corrected chi connectivity index (χ2v) is 5.03. The molecule has 1 heterocycles. The summed E-state index contributed by atoms with van der Waals surface area (Å²) in [6.45, 7) is 1.09. The number of halogens is 6. The number of hydrogen-bond acceptors (Lipinski definition) is 3. The summed E-state index contributed by atoms with van der Waals surface area (Å²) in [6, 6.07) is -1.12. The Hall–Kier alpha value is -2.79. The number of carboxylic acid groups (broad SMARTS) is 1. The number of nitrogens with one attached hydrogen (secondary N) is 2. The first-order chi connectivity index (χ1) is 11.3. The molecule has 0 saturated carbocycles. The zero-order chi connectivity index (χ0) is 19.2. The van der Waals surface area contributed by atoms with Gasteiger partial charge in [0.15, 0.2) is 5.82 Å². The predicted octanol–water partition coefficient (Wildman–Crippen LogP) is 2.80. The smallest absolute Gasteiger partial charge is 0.418 e. The van der Waals surface area contributed by atoms with Crippen LogP contribution in [0.2, 0.25) is 0 Å². The van der Waals surface area contributed by atoms with Crippen molar-refractivity contribution in [3.63, 3.8) is 0 Å². The molecule has 0 aliphatic carbocycles. The Morgan fingerprint density at radius 1 is 1.16 bits per heavy atom. The molecule has 0 aliphatic heterocycles. The van der Waals surface area contributed by atoms with Gasteiger partial charge in [-0.15, -0.1) is 0 Å². The number of amides is 1. The molecular formula is C13H9F6N3O3. The molecule has 136 valence electrons. The van der Waals surface area contributed by atoms with Gasteiger partial charge in [0.2, 0.25) is 0 Å². The molecule has 6 nitrogen and oxygen atoms in total. The Bertz CT molecular complexity index is 840. The lowest BCUT2D eigenvalue weighted by Crippen LogP contribution is -2.38. The number of H-pyrrole nitrogens is 1. The molecule has 1 atom stereocenters. The normalized spacial score (nSPS) is 13.7. The Labute approximate surface area is 134 Å². The van der Waals surface area contributed by atoms with Crippen LogP contribution in [0, 0.1) is 0 Å². The van der Waals surface area contributed by atoms with E-state index in [0.717, 1.165) is 6.92 Å². The third-order valence-corrected chi connectivity index (χ3v) is 3.16. The second kappa shape index (κ2) is 5.93. The summed E-state index contributed by atoms with van der Waals surface area (Å²) in [5.74, 6) is -3.33. The van der Waals surface area contributed by atoms with Gasteiger partial charge in [0, 0.05) is 0 Å². The topological polar surface area (TPSA) is 95.1 Å². The quantitative estimate of drug-likeness (QED) is 0.725. The van der Waals surface area contributed by atoms with Crippen molar-refractivity contribution in [2.45, 2.75) is 25.3 Å². The van der Waals surface area contributed by atoms with Crippen LogP contribution in [0.5, 0.6) is 0 Å². The average Bonchev–Trinajstić information content (AvgIpc) is 2.87. The highest BCUT2D eigenvalue weighted by molar-refractivity contribution is 5.96. The third-order valence-electron chi connectivity index (χ3n) is 3.16. The van der Waals surface area contributed by atoms with E-state index in [0.29, 0.717) is 6.07 Å². The Balaban J connectivity index is 2.58. The number of imidazole rings is 1. The van der Waals surface area contributed by atoms with E-state index in [1.165, 1.54) is 0 Å². The van der Waals surface area contributed by atoms with Crippen LogP contribution in [0.1, 0.15) is 28.7 Å². The van der Waals surface area contributed by atoms with Crippen LogP contribution in [0.15, 0.2) is 12.1 Å². The van der Waals surface area contributed by atoms with Gasteiger partial charge in [-0.2, -0.15) is 26.3 Å². The van der Waals surface area contributed by atoms with Crippen LogP contribution in [0.25, 0.3) is 11.0 Å². The van der Waals surface area contributed by atoms with Crippen molar-refractivity contribution in [3.05, 3.63) is 29.1 Å². The van der Waals surface area contributed by atoms with Crippen LogP contribution in [0.3, 0.4) is 0 Å². The van der Waals surface area contributed by atoms with Gasteiger partial charge in [-0.1, -0.05) is 0 Å². The van der Waals surface area contributed by atoms with Gasteiger partial charge in [0.25, 0.3) is 5.91 Å². The molecule has 25 heavy (non-hydrogen) atoms. The number of hydrogen-bond donors (Lipinski definition) is 3. The molecule has 0 bridgehead atoms. The molecule has 1 unspecified atom stereocenters. The van der Waals surface area contributed by atoms with Gasteiger partial charge in [0.05, 0.1) is 22.2 Å². The number of aromatic amines is 1. The van der Waals surface area contributed by atoms with Crippen molar-refractivity contribution in [1.82, 2.24) is 15.3 Å². The third kappa shape index (κ3) is 3.83. The van der Waals surface area contributed by atoms with Gasteiger partial charge in [-0.05, 0) is 19.1 Å². The molecule has 1 aromatic carbocycles. The van der Waals surface area contributed by atoms with E-state index in [1.54, 1.807) is 0 Å². The van der Waals surface area contributed by atoms with Crippen molar-refractivity contribution in [2.75, 3.05) is 0 Å². The monoisotopic (exact) mass is 369 g/mol. The lowest BCUT2D eigenvalue weighted by molar-refractivity contribution is -0.142. The van der Waals surface area contributed by atoms with Gasteiger partial charge < -0.3 is 15.4 Å². The zero-order valence-electron chi connectivity index (χ0n) is 12.2. The minimum absolute atomic E-state index is 0.0952. The number of benzene rings is 1. The maximum Gasteiger partial charge on any atom is 0.418 e. The van der Waals surface area contributed by atoms with Gasteiger partial charge >= 0.3 is 18.3 Å². The summed E-state index contributed by atoms with van der Waals surface area (Å²) < 4.78 is 77.3. The number of rotatable bonds is 3. The van der Waals surface area contributed by atoms with E-state index >= 15 is 0 Å². The lowest BCUT2D eigenvalue weighted by atomic mass is 10.1. The minimum Gasteiger partial charge on any atom is -0.480 e. The molecule has 1 amide bonds. The van der Waals surface area contributed by atoms with Gasteiger partial charge in [-0.3, -0.25) is 9.59 Å². The number of carbonyl (C=O) groups excluding carboxylic acids is 1. The fourth-order valence-corrected chi connectivity index (χ4v) is 1.93. The van der Waals surface area contributed by atoms with Crippen LogP contribution in [0.4, 0.5) is 26.3 Å². The zero-order valence-corrected chi connectivity index (χ0v) is 12.2. The van der Waals surface area contributed by atoms with Crippen molar-refractivity contribution in [3.8, 4) is 0 Å². The standard InChI is InChI=1S/C13H9F6N3O3/c1-4(11(24)25)20-10(23)9-21-7-3-5(12(14,15)16)2-6(8(7)22-9)13(17,18)19/h2-4H,1H3,(H,20,23)(H,21,22)(H,24,25). The van der Waals surface area contributed by atoms with Crippen LogP contribution < -0.4 is 5.32 Å². The maximum absolute atomic E-state index is 13.0. The molecule has 0 radical (unpaired) electrons. The summed E-state index contributed by atoms with van der Waals surface area (Å²) in [5, 5.41) is 10.6. The van der Waals surface area contributed by atoms with E-state index < -0.39 is 58.3 Å². The molecule has 0 fully saturated rings. The molecule has 2 aromatic rings. The number of aromatic nitrogens is 2. The highest BCUT2D eigenvalue weighted by atomic mass is 19.4. The molecule has 0 saturated heterocycles. The number of nitrogens with zero attached hydrogens (tertiary/aromatic N) is 1. The first-order valence-electron chi connectivity index (χ1n) is 6.52. The van der Waals surface area contributed by atoms with E-state index in [2.05, 4.69) is 4.98 Å². The number of alkyl halides is 6. The van der Waals surface area contributed by atoms with E-state index in [9.17, 15) is 35.9 Å². The number of carboxylic acids is 1. The van der Waals surface area contributed by atoms with Crippen molar-refractivity contribution >= 4 is 22.9 Å². The lowest BCUT2D eigenvalue weighted by Gasteiger charge is -2.12. The molecular weight excluding hydrogens is 360 g/mol. The van der Waals surface area contributed by atoms with Crippen LogP contribution in [-0.2, 0) is 17.1 Å². The Kier molecular flexibility index (Phi) is 4.40. The minimum atomic E-state index is -5.13. The first kappa shape index (κ1) is 18.5. The van der Waals surface area contributed by atoms with Crippen molar-refractivity contribution in [1.29, 1.82) is 0 Å². The van der Waals surface area contributed by atoms with Crippen LogP contribution >= 0.6 is 0 Å². The highest BCUT2D eigenvalue weighted by Gasteiger charge is 2.39. The molecule has 0 spiro atoms. The Morgan fingerprint density at radius 2 is 1.76 bits per heavy atom. The van der Waals surface area contributed by atoms with Crippen molar-refractivity contribution < 1.29 is 41.0 Å². The largest absolute Gasteiger partial charge is 0.480 e. The molecule has 2 rings (SSSR count). The maximum atomic E-state index is 13.0. The molecule has 3 N–H and O–H groups in total. The van der Waals surface area contributed by atoms with Crippen molar-refractivity contribution in [2.24, 2.45) is 0 Å². The van der Waals surface area contributed by atoms with Crippen LogP contribution in [-0.4, -0.2) is 33.0 Å². The summed E-state index contributed by atoms with van der Waals surface area (Å²) in [6.07, 6.45) is -10.2. The number of aliphatic carboxylic acids is 1. The Morgan fingerprint density at radius 3 is 2.24 bits per heavy atom. The van der Waals surface area contributed by atoms with E-state index in [-0.39, 0.29) is 6.07 Å².